The van der Waals surface area contributed by atoms with Crippen molar-refractivity contribution in [3.05, 3.63) is 30.3 Å². The van der Waals surface area contributed by atoms with Gasteiger partial charge in [0.1, 0.15) is 0 Å². The van der Waals surface area contributed by atoms with Crippen LogP contribution in [-0.2, 0) is 9.09 Å². The Kier molecular flexibility index (Phi) is 3.02. The van der Waals surface area contributed by atoms with E-state index in [1.165, 1.54) is 7.11 Å². The van der Waals surface area contributed by atoms with E-state index in [0.717, 1.165) is 5.69 Å². The van der Waals surface area contributed by atoms with Crippen LogP contribution in [0.3, 0.4) is 0 Å². The van der Waals surface area contributed by atoms with Gasteiger partial charge in [0.15, 0.2) is 0 Å². The zero-order valence-corrected chi connectivity index (χ0v) is 7.04. The quantitative estimate of drug-likeness (QED) is 0.708. The van der Waals surface area contributed by atoms with E-state index in [0.29, 0.717) is 0 Å². The van der Waals surface area contributed by atoms with Crippen LogP contribution in [0.4, 0.5) is 5.69 Å². The fraction of sp³-hybridized carbons (Fsp3) is 0.143. The lowest BCUT2D eigenvalue weighted by atomic mass is 10.3. The van der Waals surface area contributed by atoms with Gasteiger partial charge in [-0.1, -0.05) is 18.2 Å². The van der Waals surface area contributed by atoms with E-state index >= 15 is 0 Å². The van der Waals surface area contributed by atoms with Gasteiger partial charge >= 0.3 is 8.18 Å². The average molecular weight is 170 g/mol. The predicted molar refractivity (Wildman–Crippen MR) is 44.7 cm³/mol. The second kappa shape index (κ2) is 4.06. The Morgan fingerprint density at radius 3 is 2.55 bits per heavy atom. The number of benzene rings is 1. The van der Waals surface area contributed by atoms with Crippen molar-refractivity contribution in [3.8, 4) is 0 Å². The summed E-state index contributed by atoms with van der Waals surface area (Å²) < 4.78 is 15.3. The molecule has 4 heteroatoms. The summed E-state index contributed by atoms with van der Waals surface area (Å²) >= 11 is 0. The van der Waals surface area contributed by atoms with E-state index < -0.39 is 8.18 Å². The van der Waals surface area contributed by atoms with Crippen LogP contribution in [0.5, 0.6) is 0 Å². The number of hydrogen-bond acceptors (Lipinski definition) is 2. The monoisotopic (exact) mass is 170 g/mol. The Labute approximate surface area is 66.3 Å². The van der Waals surface area contributed by atoms with E-state index in [-0.39, 0.29) is 0 Å². The van der Waals surface area contributed by atoms with Gasteiger partial charge in [0.2, 0.25) is 0 Å². The Hall–Kier alpha value is -0.920. The lowest BCUT2D eigenvalue weighted by Crippen LogP contribution is -1.85. The van der Waals surface area contributed by atoms with Crippen molar-refractivity contribution < 1.29 is 9.09 Å². The molecule has 1 aromatic rings. The number of rotatable bonds is 3. The minimum atomic E-state index is -1.75. The zero-order valence-electron chi connectivity index (χ0n) is 6.15. The van der Waals surface area contributed by atoms with Gasteiger partial charge in [-0.15, -0.1) is 4.52 Å². The molecule has 58 valence electrons. The molecular weight excluding hydrogens is 161 g/mol. The molecule has 3 nitrogen and oxygen atoms in total. The molecule has 1 unspecified atom stereocenters. The Morgan fingerprint density at radius 1 is 1.36 bits per heavy atom. The highest BCUT2D eigenvalue weighted by molar-refractivity contribution is 7.40. The SMILES string of the molecule is CO[P+](=O)Nc1ccccc1. The topological polar surface area (TPSA) is 38.3 Å². The van der Waals surface area contributed by atoms with Crippen molar-refractivity contribution in [3.63, 3.8) is 0 Å². The number of anilines is 1. The van der Waals surface area contributed by atoms with E-state index in [1.807, 2.05) is 30.3 Å². The third-order valence-corrected chi connectivity index (χ3v) is 1.93. The Bertz CT molecular complexity index is 237. The molecule has 0 fully saturated rings. The van der Waals surface area contributed by atoms with Crippen LogP contribution < -0.4 is 5.09 Å². The molecule has 1 rings (SSSR count). The normalized spacial score (nSPS) is 10.8. The van der Waals surface area contributed by atoms with Crippen molar-refractivity contribution in [2.75, 3.05) is 12.2 Å². The van der Waals surface area contributed by atoms with Crippen LogP contribution in [0.2, 0.25) is 0 Å². The molecule has 0 amide bonds. The molecule has 11 heavy (non-hydrogen) atoms. The van der Waals surface area contributed by atoms with Gasteiger partial charge in [0.05, 0.1) is 12.8 Å². The van der Waals surface area contributed by atoms with Crippen LogP contribution in [0.1, 0.15) is 0 Å². The van der Waals surface area contributed by atoms with Gasteiger partial charge in [-0.25, -0.2) is 0 Å². The Balaban J connectivity index is 2.58. The summed E-state index contributed by atoms with van der Waals surface area (Å²) in [7, 11) is -0.357. The molecule has 0 saturated heterocycles. The summed E-state index contributed by atoms with van der Waals surface area (Å²) in [5.74, 6) is 0. The van der Waals surface area contributed by atoms with E-state index in [4.69, 9.17) is 0 Å². The first-order chi connectivity index (χ1) is 5.33. The molecule has 1 atom stereocenters. The lowest BCUT2D eigenvalue weighted by molar-refractivity contribution is 0.419. The highest BCUT2D eigenvalue weighted by atomic mass is 31.1. The highest BCUT2D eigenvalue weighted by Crippen LogP contribution is 2.22. The summed E-state index contributed by atoms with van der Waals surface area (Å²) in [6, 6.07) is 9.27. The molecule has 1 N–H and O–H groups in total. The number of nitrogens with one attached hydrogen (secondary N) is 1. The van der Waals surface area contributed by atoms with Crippen LogP contribution in [0.25, 0.3) is 0 Å². The minimum absolute atomic E-state index is 0.801. The smallest absolute Gasteiger partial charge is 0.151 e. The molecule has 0 radical (unpaired) electrons. The second-order valence-corrected chi connectivity index (χ2v) is 3.02. The van der Waals surface area contributed by atoms with Gasteiger partial charge in [0.25, 0.3) is 0 Å². The van der Waals surface area contributed by atoms with Crippen molar-refractivity contribution in [1.82, 2.24) is 0 Å². The molecule has 0 aliphatic carbocycles. The van der Waals surface area contributed by atoms with E-state index in [2.05, 4.69) is 9.61 Å². The summed E-state index contributed by atoms with van der Waals surface area (Å²) in [6.07, 6.45) is 0. The third kappa shape index (κ3) is 2.66. The van der Waals surface area contributed by atoms with E-state index in [1.54, 1.807) is 0 Å². The van der Waals surface area contributed by atoms with Crippen LogP contribution in [0, 0.1) is 0 Å². The van der Waals surface area contributed by atoms with Crippen molar-refractivity contribution in [1.29, 1.82) is 0 Å². The molecule has 1 aromatic carbocycles. The van der Waals surface area contributed by atoms with Gasteiger partial charge < -0.3 is 0 Å². The summed E-state index contributed by atoms with van der Waals surface area (Å²) in [5.41, 5.74) is 0.801. The Morgan fingerprint density at radius 2 is 2.00 bits per heavy atom. The minimum Gasteiger partial charge on any atom is -0.151 e. The maximum atomic E-state index is 10.8. The number of hydrogen-bond donors (Lipinski definition) is 1. The van der Waals surface area contributed by atoms with Crippen LogP contribution in [-0.4, -0.2) is 7.11 Å². The molecule has 0 spiro atoms. The van der Waals surface area contributed by atoms with Crippen molar-refractivity contribution in [2.24, 2.45) is 0 Å². The standard InChI is InChI=1S/C7H9NO2P/c1-10-11(9)8-7-5-3-2-4-6-7/h2-6H,1H3,(H,8,9)/q+1. The average Bonchev–Trinajstić information content (AvgIpc) is 2.06. The molecule has 0 heterocycles. The predicted octanol–water partition coefficient (Wildman–Crippen LogP) is 2.40. The zero-order chi connectivity index (χ0) is 8.10. The first-order valence-electron chi connectivity index (χ1n) is 3.16. The summed E-state index contributed by atoms with van der Waals surface area (Å²) in [5, 5.41) is 2.68. The molecule has 0 aliphatic rings. The fourth-order valence-corrected chi connectivity index (χ4v) is 1.11. The van der Waals surface area contributed by atoms with Gasteiger partial charge in [-0.05, 0) is 16.7 Å². The first kappa shape index (κ1) is 8.18. The summed E-state index contributed by atoms with van der Waals surface area (Å²) in [4.78, 5) is 0. The molecular formula is C7H9NO2P+. The largest absolute Gasteiger partial charge is 0.642 e. The van der Waals surface area contributed by atoms with Gasteiger partial charge in [-0.2, -0.15) is 5.09 Å². The van der Waals surface area contributed by atoms with E-state index in [9.17, 15) is 4.57 Å². The van der Waals surface area contributed by atoms with Gasteiger partial charge in [-0.3, -0.25) is 0 Å². The number of para-hydroxylation sites is 1. The van der Waals surface area contributed by atoms with Crippen molar-refractivity contribution in [2.45, 2.75) is 0 Å². The molecule has 0 bridgehead atoms. The van der Waals surface area contributed by atoms with Gasteiger partial charge in [0, 0.05) is 0 Å². The first-order valence-corrected chi connectivity index (χ1v) is 4.34. The highest BCUT2D eigenvalue weighted by Gasteiger charge is 2.13. The maximum absolute atomic E-state index is 10.8. The molecule has 0 aromatic heterocycles. The van der Waals surface area contributed by atoms with Crippen LogP contribution in [0.15, 0.2) is 30.3 Å². The second-order valence-electron chi connectivity index (χ2n) is 1.92. The van der Waals surface area contributed by atoms with Crippen molar-refractivity contribution >= 4 is 13.9 Å². The maximum Gasteiger partial charge on any atom is 0.642 e. The lowest BCUT2D eigenvalue weighted by Gasteiger charge is -1.90. The van der Waals surface area contributed by atoms with Crippen LogP contribution >= 0.6 is 8.18 Å². The summed E-state index contributed by atoms with van der Waals surface area (Å²) in [6.45, 7) is 0. The fourth-order valence-electron chi connectivity index (χ4n) is 0.664. The molecule has 0 aliphatic heterocycles. The third-order valence-electron chi connectivity index (χ3n) is 1.16. The molecule has 0 saturated carbocycles.